The van der Waals surface area contributed by atoms with Gasteiger partial charge in [-0.1, -0.05) is 70.2 Å². The molecule has 0 bridgehead atoms. The number of nitrogens with zero attached hydrogens (tertiary/aromatic N) is 4. The van der Waals surface area contributed by atoms with Crippen LogP contribution in [-0.2, 0) is 11.3 Å². The third-order valence-electron chi connectivity index (χ3n) is 4.95. The summed E-state index contributed by atoms with van der Waals surface area (Å²) in [5, 5.41) is 9.40. The van der Waals surface area contributed by atoms with Crippen molar-refractivity contribution < 1.29 is 9.53 Å². The molecule has 0 unspecified atom stereocenters. The summed E-state index contributed by atoms with van der Waals surface area (Å²) in [6.45, 7) is 5.50. The van der Waals surface area contributed by atoms with Crippen LogP contribution in [0.5, 0.6) is 0 Å². The highest BCUT2D eigenvalue weighted by Crippen LogP contribution is 2.29. The van der Waals surface area contributed by atoms with E-state index >= 15 is 0 Å². The van der Waals surface area contributed by atoms with E-state index in [9.17, 15) is 4.79 Å². The van der Waals surface area contributed by atoms with E-state index in [0.29, 0.717) is 25.3 Å². The highest BCUT2D eigenvalue weighted by molar-refractivity contribution is 9.10. The maximum atomic E-state index is 12.9. The van der Waals surface area contributed by atoms with Gasteiger partial charge in [-0.25, -0.2) is 0 Å². The number of hydrogen-bond donors (Lipinski definition) is 0. The fourth-order valence-corrected chi connectivity index (χ4v) is 4.52. The molecule has 0 aliphatic carbocycles. The number of morpholine rings is 1. The number of aromatic nitrogens is 3. The second-order valence-electron chi connectivity index (χ2n) is 7.08. The second kappa shape index (κ2) is 9.76. The molecule has 0 saturated carbocycles. The van der Waals surface area contributed by atoms with Crippen LogP contribution in [0, 0.1) is 0 Å². The minimum absolute atomic E-state index is 0.0784. The second-order valence-corrected chi connectivity index (χ2v) is 9.31. The van der Waals surface area contributed by atoms with Gasteiger partial charge in [-0.05, 0) is 24.6 Å². The van der Waals surface area contributed by atoms with E-state index in [1.807, 2.05) is 49.4 Å². The van der Waals surface area contributed by atoms with E-state index in [1.54, 1.807) is 0 Å². The van der Waals surface area contributed by atoms with Crippen molar-refractivity contribution in [2.24, 2.45) is 0 Å². The Morgan fingerprint density at radius 3 is 2.50 bits per heavy atom. The molecule has 1 atom stereocenters. The number of ketones is 1. The molecule has 156 valence electrons. The minimum Gasteiger partial charge on any atom is -0.378 e. The number of halogens is 1. The lowest BCUT2D eigenvalue weighted by molar-refractivity contribution is 0.0994. The Balaban J connectivity index is 1.59. The summed E-state index contributed by atoms with van der Waals surface area (Å²) in [6.07, 6.45) is 0. The Bertz CT molecular complexity index is 988. The number of thioether (sulfide) groups is 1. The number of anilines is 1. The van der Waals surface area contributed by atoms with Crippen LogP contribution in [0.2, 0.25) is 0 Å². The monoisotopic (exact) mass is 486 g/mol. The van der Waals surface area contributed by atoms with Crippen LogP contribution in [0.3, 0.4) is 0 Å². The lowest BCUT2D eigenvalue weighted by Gasteiger charge is -2.28. The van der Waals surface area contributed by atoms with E-state index in [-0.39, 0.29) is 11.0 Å². The van der Waals surface area contributed by atoms with Gasteiger partial charge in [0, 0.05) is 23.1 Å². The summed E-state index contributed by atoms with van der Waals surface area (Å²) in [5.74, 6) is 0.905. The summed E-state index contributed by atoms with van der Waals surface area (Å²) in [4.78, 5) is 15.1. The molecule has 4 rings (SSSR count). The van der Waals surface area contributed by atoms with E-state index in [0.717, 1.165) is 28.7 Å². The van der Waals surface area contributed by atoms with Crippen LogP contribution in [-0.4, -0.2) is 52.1 Å². The van der Waals surface area contributed by atoms with Gasteiger partial charge in [0.25, 0.3) is 0 Å². The normalized spacial score (nSPS) is 15.2. The molecule has 0 amide bonds. The molecule has 2 heterocycles. The predicted molar refractivity (Wildman–Crippen MR) is 122 cm³/mol. The fourth-order valence-electron chi connectivity index (χ4n) is 3.33. The lowest BCUT2D eigenvalue weighted by atomic mass is 10.1. The molecule has 0 radical (unpaired) electrons. The Morgan fingerprint density at radius 2 is 1.80 bits per heavy atom. The van der Waals surface area contributed by atoms with Gasteiger partial charge in [-0.2, -0.15) is 0 Å². The first-order valence-electron chi connectivity index (χ1n) is 9.88. The van der Waals surface area contributed by atoms with Gasteiger partial charge in [0.05, 0.1) is 25.0 Å². The molecule has 1 aliphatic rings. The zero-order valence-corrected chi connectivity index (χ0v) is 19.1. The van der Waals surface area contributed by atoms with Crippen LogP contribution in [0.15, 0.2) is 64.2 Å². The third-order valence-corrected chi connectivity index (χ3v) is 6.56. The van der Waals surface area contributed by atoms with E-state index in [2.05, 4.69) is 47.7 Å². The van der Waals surface area contributed by atoms with Gasteiger partial charge in [-0.3, -0.25) is 9.36 Å². The predicted octanol–water partition coefficient (Wildman–Crippen LogP) is 4.29. The van der Waals surface area contributed by atoms with Crippen LogP contribution < -0.4 is 4.90 Å². The van der Waals surface area contributed by atoms with E-state index in [4.69, 9.17) is 4.74 Å². The third kappa shape index (κ3) is 4.94. The van der Waals surface area contributed by atoms with Crippen LogP contribution >= 0.6 is 27.7 Å². The van der Waals surface area contributed by atoms with Crippen molar-refractivity contribution in [2.75, 3.05) is 31.2 Å². The SMILES string of the molecule is C[C@@H](Sc1nnc(N2CCOCC2)n1Cc1ccccc1)C(=O)c1ccc(Br)cc1. The first-order valence-corrected chi connectivity index (χ1v) is 11.6. The first-order chi connectivity index (χ1) is 14.6. The van der Waals surface area contributed by atoms with Crippen molar-refractivity contribution in [1.29, 1.82) is 0 Å². The van der Waals surface area contributed by atoms with Crippen molar-refractivity contribution in [1.82, 2.24) is 14.8 Å². The van der Waals surface area contributed by atoms with Crippen molar-refractivity contribution in [2.45, 2.75) is 23.9 Å². The molecular formula is C22H23BrN4O2S. The molecule has 2 aromatic carbocycles. The molecule has 1 aliphatic heterocycles. The zero-order valence-electron chi connectivity index (χ0n) is 16.7. The van der Waals surface area contributed by atoms with Crippen molar-refractivity contribution in [3.63, 3.8) is 0 Å². The zero-order chi connectivity index (χ0) is 20.9. The maximum Gasteiger partial charge on any atom is 0.228 e. The number of hydrogen-bond acceptors (Lipinski definition) is 6. The molecule has 0 N–H and O–H groups in total. The average Bonchev–Trinajstić information content (AvgIpc) is 3.17. The highest BCUT2D eigenvalue weighted by atomic mass is 79.9. The van der Waals surface area contributed by atoms with Gasteiger partial charge in [0.15, 0.2) is 10.9 Å². The summed E-state index contributed by atoms with van der Waals surface area (Å²) >= 11 is 4.87. The Kier molecular flexibility index (Phi) is 6.86. The van der Waals surface area contributed by atoms with Crippen molar-refractivity contribution in [3.05, 3.63) is 70.2 Å². The topological polar surface area (TPSA) is 60.2 Å². The van der Waals surface area contributed by atoms with Gasteiger partial charge in [0.2, 0.25) is 5.95 Å². The number of carbonyl (C=O) groups is 1. The van der Waals surface area contributed by atoms with Gasteiger partial charge in [-0.15, -0.1) is 10.2 Å². The Labute approximate surface area is 188 Å². The van der Waals surface area contributed by atoms with Crippen LogP contribution in [0.1, 0.15) is 22.8 Å². The molecular weight excluding hydrogens is 464 g/mol. The smallest absolute Gasteiger partial charge is 0.228 e. The fraction of sp³-hybridized carbons (Fsp3) is 0.318. The minimum atomic E-state index is -0.276. The number of rotatable bonds is 7. The van der Waals surface area contributed by atoms with Crippen LogP contribution in [0.25, 0.3) is 0 Å². The van der Waals surface area contributed by atoms with E-state index < -0.39 is 0 Å². The Morgan fingerprint density at radius 1 is 1.10 bits per heavy atom. The number of Topliss-reactive ketones (excluding diaryl/α,β-unsaturated/α-hetero) is 1. The van der Waals surface area contributed by atoms with Gasteiger partial charge < -0.3 is 9.64 Å². The summed E-state index contributed by atoms with van der Waals surface area (Å²) in [7, 11) is 0. The lowest BCUT2D eigenvalue weighted by Crippen LogP contribution is -2.38. The molecule has 1 saturated heterocycles. The highest BCUT2D eigenvalue weighted by Gasteiger charge is 2.24. The first kappa shape index (κ1) is 21.1. The summed E-state index contributed by atoms with van der Waals surface area (Å²) in [6, 6.07) is 17.7. The Hall–Kier alpha value is -2.16. The van der Waals surface area contributed by atoms with Gasteiger partial charge in [0.1, 0.15) is 0 Å². The standard InChI is InChI=1S/C22H23BrN4O2S/c1-16(20(28)18-7-9-19(23)10-8-18)30-22-25-24-21(26-11-13-29-14-12-26)27(22)15-17-5-3-2-4-6-17/h2-10,16H,11-15H2,1H3/t16-/m1/s1. The maximum absolute atomic E-state index is 12.9. The van der Waals surface area contributed by atoms with Crippen molar-refractivity contribution in [3.8, 4) is 0 Å². The van der Waals surface area contributed by atoms with E-state index in [1.165, 1.54) is 17.3 Å². The average molecular weight is 487 g/mol. The number of benzene rings is 2. The molecule has 6 nitrogen and oxygen atoms in total. The quantitative estimate of drug-likeness (QED) is 0.366. The van der Waals surface area contributed by atoms with Crippen LogP contribution in [0.4, 0.5) is 5.95 Å². The summed E-state index contributed by atoms with van der Waals surface area (Å²) < 4.78 is 8.55. The molecule has 8 heteroatoms. The van der Waals surface area contributed by atoms with Gasteiger partial charge >= 0.3 is 0 Å². The number of carbonyl (C=O) groups excluding carboxylic acids is 1. The molecule has 1 aromatic heterocycles. The largest absolute Gasteiger partial charge is 0.378 e. The van der Waals surface area contributed by atoms with Crippen molar-refractivity contribution >= 4 is 39.4 Å². The molecule has 1 fully saturated rings. The summed E-state index contributed by atoms with van der Waals surface area (Å²) in [5.41, 5.74) is 1.86. The molecule has 30 heavy (non-hydrogen) atoms. The molecule has 3 aromatic rings. The molecule has 0 spiro atoms. The number of ether oxygens (including phenoxy) is 1.